The van der Waals surface area contributed by atoms with Gasteiger partial charge in [0.1, 0.15) is 23.3 Å². The lowest BCUT2D eigenvalue weighted by atomic mass is 10.1. The highest BCUT2D eigenvalue weighted by molar-refractivity contribution is 7.99. The molecule has 0 radical (unpaired) electrons. The fourth-order valence-electron chi connectivity index (χ4n) is 4.09. The van der Waals surface area contributed by atoms with Crippen LogP contribution in [0.1, 0.15) is 48.2 Å². The van der Waals surface area contributed by atoms with Crippen molar-refractivity contribution in [2.24, 2.45) is 5.10 Å². The maximum atomic E-state index is 13.3. The maximum absolute atomic E-state index is 13.3. The summed E-state index contributed by atoms with van der Waals surface area (Å²) in [5.74, 6) is 0.892. The standard InChI is InChI=1S/C25H24N4O5S/c1-3-28-19-10-9-16(24(31)32-4-2)13-17(19)26-25(28)35-15-23(30)29-20(22-8-6-12-34-22)14-18(27-29)21-7-5-11-33-21/h5-13,20H,3-4,14-15H2,1-2H3. The lowest BCUT2D eigenvalue weighted by Crippen LogP contribution is -2.28. The van der Waals surface area contributed by atoms with Crippen LogP contribution >= 0.6 is 11.8 Å². The third-order valence-electron chi connectivity index (χ3n) is 5.71. The highest BCUT2D eigenvalue weighted by Gasteiger charge is 2.35. The van der Waals surface area contributed by atoms with Crippen LogP contribution in [0, 0.1) is 0 Å². The Morgan fingerprint density at radius 2 is 1.97 bits per heavy atom. The molecule has 0 aliphatic carbocycles. The molecule has 1 amide bonds. The molecule has 1 atom stereocenters. The van der Waals surface area contributed by atoms with Crippen molar-refractivity contribution in [1.82, 2.24) is 14.6 Å². The van der Waals surface area contributed by atoms with Gasteiger partial charge >= 0.3 is 5.97 Å². The number of furan rings is 2. The van der Waals surface area contributed by atoms with E-state index < -0.39 is 0 Å². The minimum absolute atomic E-state index is 0.139. The Labute approximate surface area is 205 Å². The second kappa shape index (κ2) is 9.83. The number of amides is 1. The Kier molecular flexibility index (Phi) is 6.45. The van der Waals surface area contributed by atoms with Gasteiger partial charge < -0.3 is 18.1 Å². The predicted molar refractivity (Wildman–Crippen MR) is 130 cm³/mol. The van der Waals surface area contributed by atoms with Crippen molar-refractivity contribution in [3.63, 3.8) is 0 Å². The Balaban J connectivity index is 1.37. The van der Waals surface area contributed by atoms with Crippen LogP contribution < -0.4 is 0 Å². The van der Waals surface area contributed by atoms with Gasteiger partial charge in [0.25, 0.3) is 5.91 Å². The maximum Gasteiger partial charge on any atom is 0.338 e. The van der Waals surface area contributed by atoms with Crippen molar-refractivity contribution in [1.29, 1.82) is 0 Å². The van der Waals surface area contributed by atoms with Crippen LogP contribution in [0.5, 0.6) is 0 Å². The number of benzene rings is 1. The van der Waals surface area contributed by atoms with E-state index in [1.54, 1.807) is 43.7 Å². The number of hydrazone groups is 1. The van der Waals surface area contributed by atoms with E-state index in [9.17, 15) is 9.59 Å². The van der Waals surface area contributed by atoms with Gasteiger partial charge in [-0.1, -0.05) is 11.8 Å². The highest BCUT2D eigenvalue weighted by atomic mass is 32.2. The molecule has 9 nitrogen and oxygen atoms in total. The summed E-state index contributed by atoms with van der Waals surface area (Å²) >= 11 is 1.34. The molecule has 1 aliphatic heterocycles. The van der Waals surface area contributed by atoms with E-state index >= 15 is 0 Å². The van der Waals surface area contributed by atoms with Gasteiger partial charge in [0.05, 0.1) is 41.5 Å². The lowest BCUT2D eigenvalue weighted by Gasteiger charge is -2.19. The third kappa shape index (κ3) is 4.49. The number of carbonyl (C=O) groups is 2. The lowest BCUT2D eigenvalue weighted by molar-refractivity contribution is -0.130. The number of esters is 1. The molecule has 0 saturated heterocycles. The monoisotopic (exact) mass is 492 g/mol. The number of imidazole rings is 1. The van der Waals surface area contributed by atoms with Gasteiger partial charge in [-0.3, -0.25) is 4.79 Å². The summed E-state index contributed by atoms with van der Waals surface area (Å²) in [5, 5.41) is 6.74. The number of aromatic nitrogens is 2. The van der Waals surface area contributed by atoms with Gasteiger partial charge in [0.2, 0.25) is 0 Å². The van der Waals surface area contributed by atoms with Crippen LogP contribution in [0.2, 0.25) is 0 Å². The number of hydrogen-bond acceptors (Lipinski definition) is 8. The molecule has 180 valence electrons. The molecule has 1 aromatic carbocycles. The number of aryl methyl sites for hydroxylation is 1. The van der Waals surface area contributed by atoms with Gasteiger partial charge in [0, 0.05) is 13.0 Å². The molecule has 0 bridgehead atoms. The zero-order chi connectivity index (χ0) is 24.4. The quantitative estimate of drug-likeness (QED) is 0.255. The molecule has 5 rings (SSSR count). The highest BCUT2D eigenvalue weighted by Crippen LogP contribution is 2.34. The van der Waals surface area contributed by atoms with Gasteiger partial charge in [-0.2, -0.15) is 5.10 Å². The number of carbonyl (C=O) groups excluding carboxylic acids is 2. The normalized spacial score (nSPS) is 15.5. The zero-order valence-corrected chi connectivity index (χ0v) is 20.2. The second-order valence-corrected chi connectivity index (χ2v) is 8.79. The Morgan fingerprint density at radius 1 is 1.14 bits per heavy atom. The van der Waals surface area contributed by atoms with Crippen LogP contribution in [0.3, 0.4) is 0 Å². The van der Waals surface area contributed by atoms with Gasteiger partial charge in [-0.15, -0.1) is 0 Å². The largest absolute Gasteiger partial charge is 0.467 e. The van der Waals surface area contributed by atoms with E-state index in [4.69, 9.17) is 13.6 Å². The van der Waals surface area contributed by atoms with Gasteiger partial charge in [-0.05, 0) is 56.3 Å². The van der Waals surface area contributed by atoms with Crippen LogP contribution in [0.4, 0.5) is 0 Å². The molecule has 0 N–H and O–H groups in total. The van der Waals surface area contributed by atoms with Crippen molar-refractivity contribution in [3.05, 3.63) is 72.1 Å². The van der Waals surface area contributed by atoms with Crippen molar-refractivity contribution >= 4 is 40.4 Å². The summed E-state index contributed by atoms with van der Waals surface area (Å²) in [7, 11) is 0. The Bertz CT molecular complexity index is 1370. The van der Waals surface area contributed by atoms with Crippen molar-refractivity contribution in [3.8, 4) is 0 Å². The molecular weight excluding hydrogens is 468 g/mol. The van der Waals surface area contributed by atoms with Gasteiger partial charge in [0.15, 0.2) is 5.16 Å². The van der Waals surface area contributed by atoms with E-state index in [2.05, 4.69) is 10.1 Å². The first-order chi connectivity index (χ1) is 17.1. The summed E-state index contributed by atoms with van der Waals surface area (Å²) in [4.78, 5) is 30.1. The molecule has 0 saturated carbocycles. The van der Waals surface area contributed by atoms with E-state index in [0.29, 0.717) is 53.0 Å². The fraction of sp³-hybridized carbons (Fsp3) is 0.280. The number of nitrogens with zero attached hydrogens (tertiary/aromatic N) is 4. The topological polar surface area (TPSA) is 103 Å². The van der Waals surface area contributed by atoms with Crippen LogP contribution in [-0.4, -0.2) is 44.5 Å². The summed E-state index contributed by atoms with van der Waals surface area (Å²) in [6.07, 6.45) is 3.68. The van der Waals surface area contributed by atoms with Gasteiger partial charge in [-0.25, -0.2) is 14.8 Å². The number of hydrogen-bond donors (Lipinski definition) is 0. The molecule has 4 aromatic rings. The summed E-state index contributed by atoms with van der Waals surface area (Å²) in [6, 6.07) is 12.2. The number of fused-ring (bicyclic) bond motifs is 1. The molecule has 35 heavy (non-hydrogen) atoms. The summed E-state index contributed by atoms with van der Waals surface area (Å²) < 4.78 is 18.2. The first-order valence-corrected chi connectivity index (χ1v) is 12.3. The molecular formula is C25H24N4O5S. The summed E-state index contributed by atoms with van der Waals surface area (Å²) in [6.45, 7) is 4.76. The molecule has 1 aliphatic rings. The molecule has 1 unspecified atom stereocenters. The molecule has 0 fully saturated rings. The number of ether oxygens (including phenoxy) is 1. The molecule has 3 aromatic heterocycles. The fourth-order valence-corrected chi connectivity index (χ4v) is 5.02. The predicted octanol–water partition coefficient (Wildman–Crippen LogP) is 4.89. The van der Waals surface area contributed by atoms with Crippen LogP contribution in [-0.2, 0) is 16.1 Å². The summed E-state index contributed by atoms with van der Waals surface area (Å²) in [5.41, 5.74) is 2.72. The van der Waals surface area contributed by atoms with Crippen molar-refractivity contribution < 1.29 is 23.2 Å². The van der Waals surface area contributed by atoms with Crippen molar-refractivity contribution in [2.75, 3.05) is 12.4 Å². The van der Waals surface area contributed by atoms with E-state index in [1.807, 2.05) is 29.7 Å². The minimum atomic E-state index is -0.381. The average Bonchev–Trinajstić information content (AvgIpc) is 3.67. The average molecular weight is 493 g/mol. The molecule has 0 spiro atoms. The van der Waals surface area contributed by atoms with E-state index in [1.165, 1.54) is 16.8 Å². The smallest absolute Gasteiger partial charge is 0.338 e. The first kappa shape index (κ1) is 23.0. The zero-order valence-electron chi connectivity index (χ0n) is 19.3. The number of thioether (sulfide) groups is 1. The first-order valence-electron chi connectivity index (χ1n) is 11.4. The third-order valence-corrected chi connectivity index (χ3v) is 6.67. The van der Waals surface area contributed by atoms with Crippen LogP contribution in [0.25, 0.3) is 11.0 Å². The second-order valence-electron chi connectivity index (χ2n) is 7.85. The number of rotatable bonds is 8. The van der Waals surface area contributed by atoms with Crippen molar-refractivity contribution in [2.45, 2.75) is 38.0 Å². The Morgan fingerprint density at radius 3 is 2.69 bits per heavy atom. The van der Waals surface area contributed by atoms with E-state index in [-0.39, 0.29) is 23.7 Å². The molecule has 10 heteroatoms. The SMILES string of the molecule is CCOC(=O)c1ccc2c(c1)nc(SCC(=O)N1N=C(c3ccco3)CC1c1ccco1)n2CC. The van der Waals surface area contributed by atoms with E-state index in [0.717, 1.165) is 5.52 Å². The Hall–Kier alpha value is -3.79. The van der Waals surface area contributed by atoms with Crippen LogP contribution in [0.15, 0.2) is 74.1 Å². The molecule has 4 heterocycles. The minimum Gasteiger partial charge on any atom is -0.467 e.